The largest absolute Gasteiger partial charge is 0.324 e. The highest BCUT2D eigenvalue weighted by molar-refractivity contribution is 7.89. The number of nitrogens with one attached hydrogen (secondary N) is 2. The van der Waals surface area contributed by atoms with Crippen molar-refractivity contribution in [3.63, 3.8) is 0 Å². The first-order valence-corrected chi connectivity index (χ1v) is 12.2. The highest BCUT2D eigenvalue weighted by Gasteiger charge is 2.28. The molecule has 1 amide bonds. The molecule has 0 aliphatic rings. The minimum absolute atomic E-state index is 0.00156. The Morgan fingerprint density at radius 1 is 0.938 bits per heavy atom. The topological polar surface area (TPSA) is 101 Å². The van der Waals surface area contributed by atoms with Crippen LogP contribution in [0.2, 0.25) is 0 Å². The Balaban J connectivity index is 1.67. The van der Waals surface area contributed by atoms with Crippen LogP contribution in [-0.2, 0) is 21.2 Å². The summed E-state index contributed by atoms with van der Waals surface area (Å²) in [5.41, 5.74) is 4.11. The standard InChI is InChI=1S/C23H22N4O3S2/c1-15-8-6-9-16(2)21(15)24-23(28)19(14-17-10-4-3-5-11-17)27-32(29,30)20-13-7-12-18-22(20)26-31-25-18/h3-13,19,27H,14H2,1-2H3,(H,24,28). The predicted molar refractivity (Wildman–Crippen MR) is 126 cm³/mol. The van der Waals surface area contributed by atoms with Gasteiger partial charge in [0.1, 0.15) is 22.0 Å². The zero-order valence-electron chi connectivity index (χ0n) is 17.6. The Labute approximate surface area is 190 Å². The molecule has 0 bridgehead atoms. The quantitative estimate of drug-likeness (QED) is 0.431. The van der Waals surface area contributed by atoms with Gasteiger partial charge in [0.15, 0.2) is 0 Å². The molecule has 1 aromatic heterocycles. The van der Waals surface area contributed by atoms with Crippen molar-refractivity contribution in [1.29, 1.82) is 0 Å². The molecule has 0 aliphatic carbocycles. The van der Waals surface area contributed by atoms with Gasteiger partial charge in [-0.05, 0) is 49.1 Å². The number of carbonyl (C=O) groups is 1. The number of hydrogen-bond acceptors (Lipinski definition) is 6. The van der Waals surface area contributed by atoms with Crippen LogP contribution in [0.25, 0.3) is 11.0 Å². The molecule has 0 radical (unpaired) electrons. The van der Waals surface area contributed by atoms with Crippen LogP contribution in [0.1, 0.15) is 16.7 Å². The van der Waals surface area contributed by atoms with Gasteiger partial charge in [-0.15, -0.1) is 0 Å². The van der Waals surface area contributed by atoms with Crippen LogP contribution in [0.4, 0.5) is 5.69 Å². The monoisotopic (exact) mass is 466 g/mol. The highest BCUT2D eigenvalue weighted by Crippen LogP contribution is 2.23. The number of anilines is 1. The van der Waals surface area contributed by atoms with Crippen molar-refractivity contribution in [2.24, 2.45) is 0 Å². The number of hydrogen-bond donors (Lipinski definition) is 2. The van der Waals surface area contributed by atoms with Gasteiger partial charge in [-0.25, -0.2) is 8.42 Å². The van der Waals surface area contributed by atoms with Crippen molar-refractivity contribution in [1.82, 2.24) is 13.5 Å². The van der Waals surface area contributed by atoms with Crippen molar-refractivity contribution in [2.45, 2.75) is 31.2 Å². The van der Waals surface area contributed by atoms with E-state index in [0.29, 0.717) is 16.7 Å². The molecule has 1 atom stereocenters. The third kappa shape index (κ3) is 4.69. The molecular weight excluding hydrogens is 444 g/mol. The lowest BCUT2D eigenvalue weighted by atomic mass is 10.0. The summed E-state index contributed by atoms with van der Waals surface area (Å²) >= 11 is 0.944. The van der Waals surface area contributed by atoms with Gasteiger partial charge in [0.05, 0.1) is 11.7 Å². The number of carbonyl (C=O) groups excluding carboxylic acids is 1. The Kier molecular flexibility index (Phi) is 6.31. The molecule has 2 N–H and O–H groups in total. The Morgan fingerprint density at radius 3 is 2.34 bits per heavy atom. The Hall–Kier alpha value is -3.14. The van der Waals surface area contributed by atoms with E-state index in [1.165, 1.54) is 6.07 Å². The fourth-order valence-electron chi connectivity index (χ4n) is 3.51. The summed E-state index contributed by atoms with van der Waals surface area (Å²) in [5, 5.41) is 2.91. The predicted octanol–water partition coefficient (Wildman–Crippen LogP) is 3.84. The van der Waals surface area contributed by atoms with Crippen LogP contribution in [0.5, 0.6) is 0 Å². The molecule has 9 heteroatoms. The average Bonchev–Trinajstić information content (AvgIpc) is 3.25. The summed E-state index contributed by atoms with van der Waals surface area (Å²) in [4.78, 5) is 13.3. The van der Waals surface area contributed by atoms with E-state index in [2.05, 4.69) is 18.8 Å². The minimum Gasteiger partial charge on any atom is -0.324 e. The third-order valence-electron chi connectivity index (χ3n) is 5.16. The Morgan fingerprint density at radius 2 is 1.62 bits per heavy atom. The number of amides is 1. The lowest BCUT2D eigenvalue weighted by molar-refractivity contribution is -0.117. The number of aromatic nitrogens is 2. The van der Waals surface area contributed by atoms with Crippen molar-refractivity contribution in [3.8, 4) is 0 Å². The van der Waals surface area contributed by atoms with Gasteiger partial charge in [-0.2, -0.15) is 13.5 Å². The molecule has 3 aromatic carbocycles. The lowest BCUT2D eigenvalue weighted by Gasteiger charge is -2.20. The summed E-state index contributed by atoms with van der Waals surface area (Å²) in [6.07, 6.45) is 0.197. The zero-order chi connectivity index (χ0) is 22.7. The van der Waals surface area contributed by atoms with Crippen molar-refractivity contribution < 1.29 is 13.2 Å². The Bertz CT molecular complexity index is 1350. The van der Waals surface area contributed by atoms with E-state index >= 15 is 0 Å². The molecule has 0 fully saturated rings. The van der Waals surface area contributed by atoms with Crippen molar-refractivity contribution in [2.75, 3.05) is 5.32 Å². The van der Waals surface area contributed by atoms with Gasteiger partial charge in [0, 0.05) is 5.69 Å². The molecule has 0 aliphatic heterocycles. The molecule has 1 heterocycles. The maximum Gasteiger partial charge on any atom is 0.243 e. The fourth-order valence-corrected chi connectivity index (χ4v) is 5.47. The third-order valence-corrected chi connectivity index (χ3v) is 7.21. The van der Waals surface area contributed by atoms with E-state index < -0.39 is 22.0 Å². The molecule has 164 valence electrons. The summed E-state index contributed by atoms with van der Waals surface area (Å²) < 4.78 is 37.4. The van der Waals surface area contributed by atoms with Gasteiger partial charge < -0.3 is 5.32 Å². The SMILES string of the molecule is Cc1cccc(C)c1NC(=O)C(Cc1ccccc1)NS(=O)(=O)c1cccc2nsnc12. The van der Waals surface area contributed by atoms with Crippen LogP contribution in [0.3, 0.4) is 0 Å². The first kappa shape index (κ1) is 22.1. The normalized spacial score (nSPS) is 12.6. The van der Waals surface area contributed by atoms with Gasteiger partial charge >= 0.3 is 0 Å². The van der Waals surface area contributed by atoms with Gasteiger partial charge in [-0.1, -0.05) is 54.6 Å². The van der Waals surface area contributed by atoms with Gasteiger partial charge in [0.2, 0.25) is 15.9 Å². The van der Waals surface area contributed by atoms with E-state index in [9.17, 15) is 13.2 Å². The first-order chi connectivity index (χ1) is 15.3. The molecule has 0 saturated heterocycles. The van der Waals surface area contributed by atoms with Gasteiger partial charge in [0.25, 0.3) is 0 Å². The highest BCUT2D eigenvalue weighted by atomic mass is 32.2. The second-order valence-electron chi connectivity index (χ2n) is 7.51. The number of sulfonamides is 1. The van der Waals surface area contributed by atoms with E-state index in [1.54, 1.807) is 12.1 Å². The van der Waals surface area contributed by atoms with Crippen LogP contribution < -0.4 is 10.0 Å². The number of fused-ring (bicyclic) bond motifs is 1. The molecule has 0 spiro atoms. The van der Waals surface area contributed by atoms with E-state index in [4.69, 9.17) is 0 Å². The van der Waals surface area contributed by atoms with Crippen molar-refractivity contribution >= 4 is 44.4 Å². The summed E-state index contributed by atoms with van der Waals surface area (Å²) in [6, 6.07) is 18.8. The van der Waals surface area contributed by atoms with Crippen LogP contribution in [-0.4, -0.2) is 29.1 Å². The molecule has 4 aromatic rings. The number of nitrogens with zero attached hydrogens (tertiary/aromatic N) is 2. The number of rotatable bonds is 7. The average molecular weight is 467 g/mol. The molecule has 32 heavy (non-hydrogen) atoms. The summed E-state index contributed by atoms with van der Waals surface area (Å²) in [6.45, 7) is 3.80. The number of aryl methyl sites for hydroxylation is 2. The molecule has 7 nitrogen and oxygen atoms in total. The first-order valence-electron chi connectivity index (χ1n) is 10.00. The van der Waals surface area contributed by atoms with Crippen LogP contribution >= 0.6 is 11.7 Å². The molecule has 4 rings (SSSR count). The minimum atomic E-state index is -4.04. The summed E-state index contributed by atoms with van der Waals surface area (Å²) in [5.74, 6) is -0.432. The van der Waals surface area contributed by atoms with Crippen LogP contribution in [0.15, 0.2) is 71.6 Å². The number of para-hydroxylation sites is 1. The van der Waals surface area contributed by atoms with E-state index in [0.717, 1.165) is 28.4 Å². The van der Waals surface area contributed by atoms with Crippen molar-refractivity contribution in [3.05, 3.63) is 83.4 Å². The summed E-state index contributed by atoms with van der Waals surface area (Å²) in [7, 11) is -4.04. The molecule has 1 unspecified atom stereocenters. The zero-order valence-corrected chi connectivity index (χ0v) is 19.2. The fraction of sp³-hybridized carbons (Fsp3) is 0.174. The van der Waals surface area contributed by atoms with Crippen LogP contribution in [0, 0.1) is 13.8 Å². The maximum atomic E-state index is 13.3. The molecular formula is C23H22N4O3S2. The lowest BCUT2D eigenvalue weighted by Crippen LogP contribution is -2.45. The molecule has 0 saturated carbocycles. The van der Waals surface area contributed by atoms with E-state index in [1.807, 2.05) is 62.4 Å². The second kappa shape index (κ2) is 9.15. The smallest absolute Gasteiger partial charge is 0.243 e. The number of benzene rings is 3. The van der Waals surface area contributed by atoms with Gasteiger partial charge in [-0.3, -0.25) is 4.79 Å². The second-order valence-corrected chi connectivity index (χ2v) is 9.72. The maximum absolute atomic E-state index is 13.3. The van der Waals surface area contributed by atoms with E-state index in [-0.39, 0.29) is 11.3 Å².